The van der Waals surface area contributed by atoms with Gasteiger partial charge in [0.1, 0.15) is 6.04 Å². The summed E-state index contributed by atoms with van der Waals surface area (Å²) in [6, 6.07) is 3.18. The van der Waals surface area contributed by atoms with E-state index >= 15 is 0 Å². The van der Waals surface area contributed by atoms with Crippen LogP contribution in [0, 0.1) is 5.92 Å². The summed E-state index contributed by atoms with van der Waals surface area (Å²) in [6.07, 6.45) is 2.04. The lowest BCUT2D eigenvalue weighted by Gasteiger charge is -2.19. The number of rotatable bonds is 6. The predicted octanol–water partition coefficient (Wildman–Crippen LogP) is 1.98. The van der Waals surface area contributed by atoms with Crippen LogP contribution in [-0.4, -0.2) is 31.3 Å². The molecule has 2 N–H and O–H groups in total. The lowest BCUT2D eigenvalue weighted by molar-refractivity contribution is -0.139. The van der Waals surface area contributed by atoms with Crippen LogP contribution in [0.4, 0.5) is 0 Å². The molecule has 0 aromatic heterocycles. The quantitative estimate of drug-likeness (QED) is 0.825. The van der Waals surface area contributed by atoms with Crippen LogP contribution in [0.5, 0.6) is 0 Å². The van der Waals surface area contributed by atoms with Gasteiger partial charge in [0, 0.05) is 12.0 Å². The molecule has 6 nitrogen and oxygen atoms in total. The molecule has 1 atom stereocenters. The van der Waals surface area contributed by atoms with Gasteiger partial charge < -0.3 is 5.11 Å². The van der Waals surface area contributed by atoms with Crippen LogP contribution < -0.4 is 4.72 Å². The van der Waals surface area contributed by atoms with Gasteiger partial charge in [0.05, 0.1) is 4.90 Å². The Hall–Kier alpha value is -1.73. The van der Waals surface area contributed by atoms with Gasteiger partial charge in [-0.05, 0) is 48.9 Å². The Morgan fingerprint density at radius 2 is 2.00 bits per heavy atom. The van der Waals surface area contributed by atoms with Crippen LogP contribution in [0.2, 0.25) is 0 Å². The van der Waals surface area contributed by atoms with Crippen molar-refractivity contribution in [1.29, 1.82) is 0 Å². The summed E-state index contributed by atoms with van der Waals surface area (Å²) >= 11 is 0. The summed E-state index contributed by atoms with van der Waals surface area (Å²) in [5, 5.41) is 9.19. The molecule has 23 heavy (non-hydrogen) atoms. The Morgan fingerprint density at radius 1 is 1.30 bits per heavy atom. The summed E-state index contributed by atoms with van der Waals surface area (Å²) in [5.41, 5.74) is 1.27. The van der Waals surface area contributed by atoms with E-state index < -0.39 is 22.0 Å². The molecule has 1 aliphatic carbocycles. The molecule has 2 rings (SSSR count). The van der Waals surface area contributed by atoms with E-state index in [4.69, 9.17) is 0 Å². The molecule has 0 radical (unpaired) electrons. The third-order valence-corrected chi connectivity index (χ3v) is 5.31. The number of Topliss-reactive ketones (excluding diaryl/α,β-unsaturated/α-hetero) is 1. The third kappa shape index (κ3) is 4.17. The number of carbonyl (C=O) groups is 2. The highest BCUT2D eigenvalue weighted by atomic mass is 32.2. The first-order valence-corrected chi connectivity index (χ1v) is 9.10. The van der Waals surface area contributed by atoms with Gasteiger partial charge in [0.2, 0.25) is 10.0 Å². The minimum Gasteiger partial charge on any atom is -0.480 e. The van der Waals surface area contributed by atoms with Crippen LogP contribution >= 0.6 is 0 Å². The molecule has 1 aliphatic rings. The molecule has 1 aromatic rings. The highest BCUT2D eigenvalue weighted by Gasteiger charge is 2.27. The number of hydrogen-bond donors (Lipinski definition) is 2. The van der Waals surface area contributed by atoms with E-state index in [0.717, 1.165) is 0 Å². The summed E-state index contributed by atoms with van der Waals surface area (Å²) in [7, 11) is -3.94. The lowest BCUT2D eigenvalue weighted by Crippen LogP contribution is -2.41. The number of aryl methyl sites for hydroxylation is 1. The number of carboxylic acids is 1. The molecular formula is C16H21NO5S. The Morgan fingerprint density at radius 3 is 2.61 bits per heavy atom. The average molecular weight is 339 g/mol. The maximum absolute atomic E-state index is 12.4. The minimum atomic E-state index is -3.94. The molecule has 0 fully saturated rings. The molecular weight excluding hydrogens is 318 g/mol. The molecule has 0 aliphatic heterocycles. The molecule has 1 aromatic carbocycles. The van der Waals surface area contributed by atoms with E-state index in [2.05, 4.69) is 4.72 Å². The van der Waals surface area contributed by atoms with Gasteiger partial charge in [-0.25, -0.2) is 8.42 Å². The zero-order valence-corrected chi connectivity index (χ0v) is 14.0. The van der Waals surface area contributed by atoms with Crippen molar-refractivity contribution >= 4 is 21.8 Å². The normalized spacial score (nSPS) is 16.2. The van der Waals surface area contributed by atoms with Gasteiger partial charge in [-0.15, -0.1) is 0 Å². The van der Waals surface area contributed by atoms with Crippen LogP contribution in [0.15, 0.2) is 23.1 Å². The summed E-state index contributed by atoms with van der Waals surface area (Å²) in [6.45, 7) is 3.66. The topological polar surface area (TPSA) is 101 Å². The van der Waals surface area contributed by atoms with Crippen molar-refractivity contribution in [1.82, 2.24) is 4.72 Å². The van der Waals surface area contributed by atoms with Crippen molar-refractivity contribution in [3.63, 3.8) is 0 Å². The maximum atomic E-state index is 12.4. The van der Waals surface area contributed by atoms with Gasteiger partial charge >= 0.3 is 5.97 Å². The Labute approximate surface area is 136 Å². The van der Waals surface area contributed by atoms with E-state index in [1.54, 1.807) is 0 Å². The number of ketones is 1. The van der Waals surface area contributed by atoms with Gasteiger partial charge in [-0.1, -0.05) is 13.8 Å². The number of sulfonamides is 1. The first-order chi connectivity index (χ1) is 10.7. The lowest BCUT2D eigenvalue weighted by atomic mass is 9.91. The van der Waals surface area contributed by atoms with Crippen molar-refractivity contribution in [2.45, 2.75) is 50.5 Å². The number of fused-ring (bicyclic) bond motifs is 1. The number of aliphatic carboxylic acids is 1. The Bertz CT molecular complexity index is 724. The van der Waals surface area contributed by atoms with Crippen LogP contribution in [0.25, 0.3) is 0 Å². The zero-order chi connectivity index (χ0) is 17.2. The summed E-state index contributed by atoms with van der Waals surface area (Å²) in [5.74, 6) is -1.14. The average Bonchev–Trinajstić information content (AvgIpc) is 2.45. The number of carboxylic acid groups (broad SMARTS) is 1. The van der Waals surface area contributed by atoms with Gasteiger partial charge in [0.25, 0.3) is 0 Å². The predicted molar refractivity (Wildman–Crippen MR) is 84.9 cm³/mol. The Kier molecular flexibility index (Phi) is 5.21. The van der Waals surface area contributed by atoms with Gasteiger partial charge in [-0.2, -0.15) is 4.72 Å². The molecule has 126 valence electrons. The van der Waals surface area contributed by atoms with Crippen LogP contribution in [0.1, 0.15) is 49.0 Å². The molecule has 0 saturated carbocycles. The fourth-order valence-electron chi connectivity index (χ4n) is 2.72. The summed E-state index contributed by atoms with van der Waals surface area (Å²) in [4.78, 5) is 23.0. The van der Waals surface area contributed by atoms with Crippen molar-refractivity contribution in [3.8, 4) is 0 Å². The molecule has 7 heteroatoms. The number of carbonyl (C=O) groups excluding carboxylic acids is 1. The minimum absolute atomic E-state index is 0.000885. The second-order valence-corrected chi connectivity index (χ2v) is 7.95. The fraction of sp³-hybridized carbons (Fsp3) is 0.500. The number of nitrogens with one attached hydrogen (secondary N) is 1. The second-order valence-electron chi connectivity index (χ2n) is 6.24. The zero-order valence-electron chi connectivity index (χ0n) is 13.2. The molecule has 0 unspecified atom stereocenters. The highest BCUT2D eigenvalue weighted by molar-refractivity contribution is 7.89. The SMILES string of the molecule is CC(C)C[C@@H](NS(=O)(=O)c1ccc2c(c1)CCCC2=O)C(=O)O. The van der Waals surface area contributed by atoms with E-state index in [1.165, 1.54) is 18.2 Å². The van der Waals surface area contributed by atoms with Crippen LogP contribution in [0.3, 0.4) is 0 Å². The fourth-order valence-corrected chi connectivity index (χ4v) is 3.97. The largest absolute Gasteiger partial charge is 0.480 e. The third-order valence-electron chi connectivity index (χ3n) is 3.84. The van der Waals surface area contributed by atoms with Crippen molar-refractivity contribution in [2.75, 3.05) is 0 Å². The van der Waals surface area contributed by atoms with Crippen molar-refractivity contribution in [3.05, 3.63) is 29.3 Å². The van der Waals surface area contributed by atoms with E-state index in [0.29, 0.717) is 30.4 Å². The standard InChI is InChI=1S/C16H21NO5S/c1-10(2)8-14(16(19)20)17-23(21,22)12-6-7-13-11(9-12)4-3-5-15(13)18/h6-7,9-10,14,17H,3-5,8H2,1-2H3,(H,19,20)/t14-/m1/s1. The van der Waals surface area contributed by atoms with Crippen molar-refractivity contribution < 1.29 is 23.1 Å². The van der Waals surface area contributed by atoms with Crippen molar-refractivity contribution in [2.24, 2.45) is 5.92 Å². The van der Waals surface area contributed by atoms with Gasteiger partial charge in [-0.3, -0.25) is 9.59 Å². The molecule has 0 heterocycles. The maximum Gasteiger partial charge on any atom is 0.321 e. The highest BCUT2D eigenvalue weighted by Crippen LogP contribution is 2.24. The first kappa shape index (κ1) is 17.6. The first-order valence-electron chi connectivity index (χ1n) is 7.62. The molecule has 0 saturated heterocycles. The number of hydrogen-bond acceptors (Lipinski definition) is 4. The van der Waals surface area contributed by atoms with E-state index in [-0.39, 0.29) is 23.0 Å². The smallest absolute Gasteiger partial charge is 0.321 e. The monoisotopic (exact) mass is 339 g/mol. The molecule has 0 spiro atoms. The van der Waals surface area contributed by atoms with E-state index in [9.17, 15) is 23.1 Å². The molecule has 0 bridgehead atoms. The van der Waals surface area contributed by atoms with Crippen LogP contribution in [-0.2, 0) is 21.2 Å². The number of benzene rings is 1. The van der Waals surface area contributed by atoms with E-state index in [1.807, 2.05) is 13.8 Å². The molecule has 0 amide bonds. The summed E-state index contributed by atoms with van der Waals surface area (Å²) < 4.78 is 27.1. The second kappa shape index (κ2) is 6.80. The Balaban J connectivity index is 2.29. The van der Waals surface area contributed by atoms with Gasteiger partial charge in [0.15, 0.2) is 5.78 Å².